The Balaban J connectivity index is 1.54. The van der Waals surface area contributed by atoms with Crippen LogP contribution in [0.3, 0.4) is 0 Å². The van der Waals surface area contributed by atoms with Gasteiger partial charge in [-0.25, -0.2) is 0 Å². The van der Waals surface area contributed by atoms with Gasteiger partial charge >= 0.3 is 0 Å². The number of nitrogens with one attached hydrogen (secondary N) is 2. The molecule has 0 saturated carbocycles. The number of hydrogen-bond acceptors (Lipinski definition) is 1. The molecule has 0 bridgehead atoms. The quantitative estimate of drug-likeness (QED) is 0.736. The van der Waals surface area contributed by atoms with Crippen LogP contribution in [0.1, 0.15) is 36.2 Å². The SMILES string of the molecule is CC(NC1CCc2[nH]c3ccccc3c2C1)c1ccccc1. The molecule has 0 saturated heterocycles. The van der Waals surface area contributed by atoms with E-state index in [-0.39, 0.29) is 0 Å². The normalized spacial score (nSPS) is 19.0. The summed E-state index contributed by atoms with van der Waals surface area (Å²) in [5, 5.41) is 5.22. The van der Waals surface area contributed by atoms with Crippen molar-refractivity contribution in [1.82, 2.24) is 10.3 Å². The maximum Gasteiger partial charge on any atom is 0.0458 e. The molecule has 2 nitrogen and oxygen atoms in total. The van der Waals surface area contributed by atoms with Crippen LogP contribution in [0, 0.1) is 0 Å². The van der Waals surface area contributed by atoms with Crippen LogP contribution < -0.4 is 5.32 Å². The van der Waals surface area contributed by atoms with Crippen molar-refractivity contribution in [2.75, 3.05) is 0 Å². The fourth-order valence-electron chi connectivity index (χ4n) is 3.70. The lowest BCUT2D eigenvalue weighted by molar-refractivity contribution is 0.413. The molecule has 1 aliphatic carbocycles. The van der Waals surface area contributed by atoms with Crippen LogP contribution in [0.15, 0.2) is 54.6 Å². The largest absolute Gasteiger partial charge is 0.358 e. The molecule has 0 spiro atoms. The van der Waals surface area contributed by atoms with Gasteiger partial charge in [0.25, 0.3) is 0 Å². The van der Waals surface area contributed by atoms with Gasteiger partial charge in [-0.15, -0.1) is 0 Å². The molecule has 1 heterocycles. The number of rotatable bonds is 3. The second kappa shape index (κ2) is 5.62. The molecule has 112 valence electrons. The standard InChI is InChI=1S/C20H22N2/c1-14(15-7-3-2-4-8-15)21-16-11-12-20-18(13-16)17-9-5-6-10-19(17)22-20/h2-10,14,16,21-22H,11-13H2,1H3. The lowest BCUT2D eigenvalue weighted by Crippen LogP contribution is -2.36. The van der Waals surface area contributed by atoms with Crippen molar-refractivity contribution in [1.29, 1.82) is 0 Å². The Kier molecular flexibility index (Phi) is 3.47. The van der Waals surface area contributed by atoms with E-state index in [9.17, 15) is 0 Å². The fourth-order valence-corrected chi connectivity index (χ4v) is 3.70. The van der Waals surface area contributed by atoms with E-state index in [2.05, 4.69) is 71.8 Å². The van der Waals surface area contributed by atoms with Crippen LogP contribution in [0.2, 0.25) is 0 Å². The number of hydrogen-bond donors (Lipinski definition) is 2. The van der Waals surface area contributed by atoms with E-state index < -0.39 is 0 Å². The topological polar surface area (TPSA) is 27.8 Å². The minimum atomic E-state index is 0.401. The second-order valence-electron chi connectivity index (χ2n) is 6.37. The Bertz CT molecular complexity index is 773. The molecule has 2 unspecified atom stereocenters. The van der Waals surface area contributed by atoms with Gasteiger partial charge < -0.3 is 10.3 Å². The number of fused-ring (bicyclic) bond motifs is 3. The summed E-state index contributed by atoms with van der Waals surface area (Å²) >= 11 is 0. The first-order valence-electron chi connectivity index (χ1n) is 8.21. The van der Waals surface area contributed by atoms with Crippen molar-refractivity contribution in [3.05, 3.63) is 71.4 Å². The molecular formula is C20H22N2. The lowest BCUT2D eigenvalue weighted by atomic mass is 9.90. The zero-order valence-corrected chi connectivity index (χ0v) is 13.0. The van der Waals surface area contributed by atoms with E-state index in [1.807, 2.05) is 0 Å². The van der Waals surface area contributed by atoms with Gasteiger partial charge in [0.05, 0.1) is 0 Å². The summed E-state index contributed by atoms with van der Waals surface area (Å²) in [6, 6.07) is 20.4. The third-order valence-electron chi connectivity index (χ3n) is 4.88. The Labute approximate surface area is 131 Å². The smallest absolute Gasteiger partial charge is 0.0458 e. The maximum absolute atomic E-state index is 3.82. The van der Waals surface area contributed by atoms with Crippen LogP contribution in [0.5, 0.6) is 0 Å². The zero-order valence-electron chi connectivity index (χ0n) is 13.0. The Morgan fingerprint density at radius 1 is 1.05 bits per heavy atom. The van der Waals surface area contributed by atoms with Crippen LogP contribution in [-0.2, 0) is 12.8 Å². The fraction of sp³-hybridized carbons (Fsp3) is 0.300. The highest BCUT2D eigenvalue weighted by molar-refractivity contribution is 5.84. The molecule has 1 aliphatic rings. The Hall–Kier alpha value is -2.06. The van der Waals surface area contributed by atoms with E-state index in [0.717, 1.165) is 12.8 Å². The average molecular weight is 290 g/mol. The van der Waals surface area contributed by atoms with E-state index in [4.69, 9.17) is 0 Å². The van der Waals surface area contributed by atoms with Gasteiger partial charge in [0.15, 0.2) is 0 Å². The summed E-state index contributed by atoms with van der Waals surface area (Å²) in [6.45, 7) is 2.26. The monoisotopic (exact) mass is 290 g/mol. The molecule has 2 aromatic carbocycles. The van der Waals surface area contributed by atoms with E-state index in [1.54, 1.807) is 0 Å². The average Bonchev–Trinajstić information content (AvgIpc) is 2.94. The molecule has 2 N–H and O–H groups in total. The van der Waals surface area contributed by atoms with Gasteiger partial charge in [0.2, 0.25) is 0 Å². The highest BCUT2D eigenvalue weighted by atomic mass is 14.9. The Morgan fingerprint density at radius 2 is 1.82 bits per heavy atom. The summed E-state index contributed by atoms with van der Waals surface area (Å²) in [5.41, 5.74) is 5.60. The molecule has 0 aliphatic heterocycles. The van der Waals surface area contributed by atoms with E-state index in [1.165, 1.54) is 34.1 Å². The molecule has 0 amide bonds. The van der Waals surface area contributed by atoms with Crippen molar-refractivity contribution >= 4 is 10.9 Å². The first-order chi connectivity index (χ1) is 10.8. The van der Waals surface area contributed by atoms with Crippen molar-refractivity contribution in [3.8, 4) is 0 Å². The number of aromatic nitrogens is 1. The summed E-state index contributed by atoms with van der Waals surface area (Å²) in [4.78, 5) is 3.59. The van der Waals surface area contributed by atoms with Crippen LogP contribution >= 0.6 is 0 Å². The number of benzene rings is 2. The molecule has 3 aromatic rings. The third-order valence-corrected chi connectivity index (χ3v) is 4.88. The first-order valence-corrected chi connectivity index (χ1v) is 8.21. The summed E-state index contributed by atoms with van der Waals surface area (Å²) in [5.74, 6) is 0. The predicted molar refractivity (Wildman–Crippen MR) is 92.1 cm³/mol. The zero-order chi connectivity index (χ0) is 14.9. The lowest BCUT2D eigenvalue weighted by Gasteiger charge is -2.27. The molecule has 2 atom stereocenters. The van der Waals surface area contributed by atoms with Gasteiger partial charge in [-0.2, -0.15) is 0 Å². The highest BCUT2D eigenvalue weighted by Gasteiger charge is 2.23. The van der Waals surface area contributed by atoms with Crippen LogP contribution in [0.25, 0.3) is 10.9 Å². The van der Waals surface area contributed by atoms with Crippen molar-refractivity contribution in [2.24, 2.45) is 0 Å². The van der Waals surface area contributed by atoms with E-state index >= 15 is 0 Å². The molecule has 0 fully saturated rings. The molecule has 1 aromatic heterocycles. The van der Waals surface area contributed by atoms with Gasteiger partial charge in [0, 0.05) is 28.7 Å². The summed E-state index contributed by atoms with van der Waals surface area (Å²) in [6.07, 6.45) is 3.47. The van der Waals surface area contributed by atoms with Crippen LogP contribution in [0.4, 0.5) is 0 Å². The molecule has 22 heavy (non-hydrogen) atoms. The van der Waals surface area contributed by atoms with Crippen molar-refractivity contribution < 1.29 is 0 Å². The second-order valence-corrected chi connectivity index (χ2v) is 6.37. The molecule has 4 rings (SSSR count). The minimum Gasteiger partial charge on any atom is -0.358 e. The van der Waals surface area contributed by atoms with Gasteiger partial charge in [0.1, 0.15) is 0 Å². The minimum absolute atomic E-state index is 0.401. The predicted octanol–water partition coefficient (Wildman–Crippen LogP) is 4.38. The van der Waals surface area contributed by atoms with Gasteiger partial charge in [-0.3, -0.25) is 0 Å². The third kappa shape index (κ3) is 2.44. The summed E-state index contributed by atoms with van der Waals surface area (Å²) in [7, 11) is 0. The number of para-hydroxylation sites is 1. The molecular weight excluding hydrogens is 268 g/mol. The van der Waals surface area contributed by atoms with E-state index in [0.29, 0.717) is 12.1 Å². The number of aromatic amines is 1. The first kappa shape index (κ1) is 13.6. The molecule has 0 radical (unpaired) electrons. The maximum atomic E-state index is 3.82. The van der Waals surface area contributed by atoms with Crippen molar-refractivity contribution in [2.45, 2.75) is 38.3 Å². The van der Waals surface area contributed by atoms with Crippen LogP contribution in [-0.4, -0.2) is 11.0 Å². The number of H-pyrrole nitrogens is 1. The van der Waals surface area contributed by atoms with Gasteiger partial charge in [-0.05, 0) is 43.4 Å². The van der Waals surface area contributed by atoms with Crippen molar-refractivity contribution in [3.63, 3.8) is 0 Å². The Morgan fingerprint density at radius 3 is 2.68 bits per heavy atom. The number of aryl methyl sites for hydroxylation is 1. The van der Waals surface area contributed by atoms with Gasteiger partial charge in [-0.1, -0.05) is 48.5 Å². The summed E-state index contributed by atoms with van der Waals surface area (Å²) < 4.78 is 0. The highest BCUT2D eigenvalue weighted by Crippen LogP contribution is 2.29. The molecule has 2 heteroatoms.